The van der Waals surface area contributed by atoms with E-state index in [2.05, 4.69) is 30.3 Å². The molecule has 0 amide bonds. The summed E-state index contributed by atoms with van der Waals surface area (Å²) in [4.78, 5) is 10.9. The Morgan fingerprint density at radius 1 is 0.679 bits per heavy atom. The zero-order valence-corrected chi connectivity index (χ0v) is 18.3. The maximum Gasteiger partial charge on any atom is 0.158 e. The summed E-state index contributed by atoms with van der Waals surface area (Å²) in [5.41, 5.74) is 1.48. The van der Waals surface area contributed by atoms with E-state index in [0.29, 0.717) is 6.42 Å². The molecule has 0 aliphatic carbocycles. The number of carbonyl (C=O) groups excluding carboxylic acids is 1. The van der Waals surface area contributed by atoms with Crippen molar-refractivity contribution in [3.8, 4) is 0 Å². The summed E-state index contributed by atoms with van der Waals surface area (Å²) >= 11 is 0. The first-order chi connectivity index (χ1) is 13.7. The molecule has 1 unspecified atom stereocenters. The lowest BCUT2D eigenvalue weighted by molar-refractivity contribution is -0.125. The van der Waals surface area contributed by atoms with Gasteiger partial charge in [0.1, 0.15) is 6.10 Å². The minimum Gasteiger partial charge on any atom is -0.385 e. The Hall–Kier alpha value is -1.15. The van der Waals surface area contributed by atoms with Gasteiger partial charge in [0.25, 0.3) is 0 Å². The third-order valence-corrected chi connectivity index (χ3v) is 5.76. The number of aliphatic hydroxyl groups excluding tert-OH is 1. The number of ketones is 1. The molecule has 0 saturated carbocycles. The minimum absolute atomic E-state index is 0.0944. The zero-order valence-electron chi connectivity index (χ0n) is 18.3. The summed E-state index contributed by atoms with van der Waals surface area (Å²) < 4.78 is 0. The van der Waals surface area contributed by atoms with Crippen LogP contribution in [0.1, 0.15) is 115 Å². The standard InChI is InChI=1S/C26H44O2/c1-24(27)26(28)23-19-14-12-10-8-6-4-2-3-5-7-9-11-13-16-20-25-21-17-15-18-22-25/h15,17-18,21-22,26,28H,2-14,16,19-20,23H2,1H3. The summed E-state index contributed by atoms with van der Waals surface area (Å²) in [7, 11) is 0. The SMILES string of the molecule is CC(=O)C(O)CCCCCCCCCCCCCCCCCc1ccccc1. The molecule has 0 aliphatic rings. The van der Waals surface area contributed by atoms with Gasteiger partial charge in [0.15, 0.2) is 5.78 Å². The van der Waals surface area contributed by atoms with Crippen LogP contribution < -0.4 is 0 Å². The molecule has 1 rings (SSSR count). The summed E-state index contributed by atoms with van der Waals surface area (Å²) in [6, 6.07) is 10.8. The average Bonchev–Trinajstić information content (AvgIpc) is 2.70. The van der Waals surface area contributed by atoms with E-state index in [1.807, 2.05) is 0 Å². The van der Waals surface area contributed by atoms with Crippen molar-refractivity contribution in [2.24, 2.45) is 0 Å². The second-order valence-corrected chi connectivity index (χ2v) is 8.45. The number of rotatable bonds is 19. The summed E-state index contributed by atoms with van der Waals surface area (Å²) in [5, 5.41) is 9.44. The van der Waals surface area contributed by atoms with Crippen molar-refractivity contribution >= 4 is 5.78 Å². The second kappa shape index (κ2) is 17.9. The number of carbonyl (C=O) groups is 1. The maximum atomic E-state index is 10.9. The van der Waals surface area contributed by atoms with Crippen molar-refractivity contribution in [1.82, 2.24) is 0 Å². The first-order valence-corrected chi connectivity index (χ1v) is 11.9. The van der Waals surface area contributed by atoms with Gasteiger partial charge in [-0.25, -0.2) is 0 Å². The highest BCUT2D eigenvalue weighted by Gasteiger charge is 2.07. The average molecular weight is 389 g/mol. The molecular formula is C26H44O2. The Labute approximate surface area is 174 Å². The van der Waals surface area contributed by atoms with E-state index in [9.17, 15) is 9.90 Å². The van der Waals surface area contributed by atoms with Crippen LogP contribution in [-0.4, -0.2) is 17.0 Å². The van der Waals surface area contributed by atoms with E-state index in [4.69, 9.17) is 0 Å². The molecule has 1 N–H and O–H groups in total. The fraction of sp³-hybridized carbons (Fsp3) is 0.731. The van der Waals surface area contributed by atoms with Gasteiger partial charge in [-0.3, -0.25) is 4.79 Å². The predicted molar refractivity (Wildman–Crippen MR) is 121 cm³/mol. The topological polar surface area (TPSA) is 37.3 Å². The van der Waals surface area contributed by atoms with Crippen LogP contribution in [0.15, 0.2) is 30.3 Å². The molecule has 0 aliphatic heterocycles. The van der Waals surface area contributed by atoms with Crippen LogP contribution >= 0.6 is 0 Å². The molecule has 1 aromatic carbocycles. The Morgan fingerprint density at radius 3 is 1.50 bits per heavy atom. The van der Waals surface area contributed by atoms with Gasteiger partial charge in [-0.1, -0.05) is 120 Å². The molecule has 0 saturated heterocycles. The molecule has 0 spiro atoms. The van der Waals surface area contributed by atoms with E-state index in [1.54, 1.807) is 0 Å². The van der Waals surface area contributed by atoms with Gasteiger partial charge in [-0.2, -0.15) is 0 Å². The molecule has 0 heterocycles. The van der Waals surface area contributed by atoms with Gasteiger partial charge in [0.2, 0.25) is 0 Å². The number of hydrogen-bond donors (Lipinski definition) is 1. The molecule has 0 aromatic heterocycles. The van der Waals surface area contributed by atoms with E-state index in [0.717, 1.165) is 12.8 Å². The van der Waals surface area contributed by atoms with E-state index in [-0.39, 0.29) is 5.78 Å². The normalized spacial score (nSPS) is 12.2. The molecule has 0 fully saturated rings. The number of Topliss-reactive ketones (excluding diaryl/α,β-unsaturated/α-hetero) is 1. The van der Waals surface area contributed by atoms with Crippen molar-refractivity contribution < 1.29 is 9.90 Å². The van der Waals surface area contributed by atoms with Gasteiger partial charge >= 0.3 is 0 Å². The molecule has 1 atom stereocenters. The van der Waals surface area contributed by atoms with Crippen LogP contribution in [0, 0.1) is 0 Å². The third kappa shape index (κ3) is 14.9. The fourth-order valence-corrected chi connectivity index (χ4v) is 3.81. The third-order valence-electron chi connectivity index (χ3n) is 5.76. The van der Waals surface area contributed by atoms with Gasteiger partial charge in [-0.15, -0.1) is 0 Å². The molecular weight excluding hydrogens is 344 g/mol. The first kappa shape index (κ1) is 24.9. The number of aryl methyl sites for hydroxylation is 1. The van der Waals surface area contributed by atoms with E-state index < -0.39 is 6.10 Å². The Balaban J connectivity index is 1.71. The monoisotopic (exact) mass is 388 g/mol. The van der Waals surface area contributed by atoms with Crippen LogP contribution in [-0.2, 0) is 11.2 Å². The van der Waals surface area contributed by atoms with Crippen LogP contribution in [0.3, 0.4) is 0 Å². The van der Waals surface area contributed by atoms with Gasteiger partial charge in [0, 0.05) is 0 Å². The largest absolute Gasteiger partial charge is 0.385 e. The van der Waals surface area contributed by atoms with Crippen molar-refractivity contribution in [1.29, 1.82) is 0 Å². The zero-order chi connectivity index (χ0) is 20.3. The molecule has 0 bridgehead atoms. The lowest BCUT2D eigenvalue weighted by Gasteiger charge is -2.06. The molecule has 160 valence electrons. The highest BCUT2D eigenvalue weighted by Crippen LogP contribution is 2.14. The lowest BCUT2D eigenvalue weighted by atomic mass is 10.0. The molecule has 28 heavy (non-hydrogen) atoms. The highest BCUT2D eigenvalue weighted by atomic mass is 16.3. The minimum atomic E-state index is -0.728. The number of benzene rings is 1. The molecule has 0 radical (unpaired) electrons. The smallest absolute Gasteiger partial charge is 0.158 e. The molecule has 2 heteroatoms. The number of unbranched alkanes of at least 4 members (excludes halogenated alkanes) is 14. The van der Waals surface area contributed by atoms with Crippen LogP contribution in [0.25, 0.3) is 0 Å². The highest BCUT2D eigenvalue weighted by molar-refractivity contribution is 5.79. The Morgan fingerprint density at radius 2 is 1.07 bits per heavy atom. The Bertz CT molecular complexity index is 469. The molecule has 2 nitrogen and oxygen atoms in total. The quantitative estimate of drug-likeness (QED) is 0.250. The van der Waals surface area contributed by atoms with Crippen LogP contribution in [0.2, 0.25) is 0 Å². The van der Waals surface area contributed by atoms with E-state index >= 15 is 0 Å². The predicted octanol–water partition coefficient (Wildman–Crippen LogP) is 7.42. The summed E-state index contributed by atoms with van der Waals surface area (Å²) in [6.07, 6.45) is 21.1. The summed E-state index contributed by atoms with van der Waals surface area (Å²) in [6.45, 7) is 1.47. The number of aliphatic hydroxyl groups is 1. The van der Waals surface area contributed by atoms with Crippen molar-refractivity contribution in [2.45, 2.75) is 122 Å². The first-order valence-electron chi connectivity index (χ1n) is 11.9. The van der Waals surface area contributed by atoms with Crippen LogP contribution in [0.4, 0.5) is 0 Å². The number of hydrogen-bond acceptors (Lipinski definition) is 2. The van der Waals surface area contributed by atoms with Crippen molar-refractivity contribution in [2.75, 3.05) is 0 Å². The fourth-order valence-electron chi connectivity index (χ4n) is 3.81. The van der Waals surface area contributed by atoms with Gasteiger partial charge < -0.3 is 5.11 Å². The van der Waals surface area contributed by atoms with E-state index in [1.165, 1.54) is 102 Å². The van der Waals surface area contributed by atoms with Crippen molar-refractivity contribution in [3.05, 3.63) is 35.9 Å². The molecule has 1 aromatic rings. The Kier molecular flexibility index (Phi) is 15.9. The van der Waals surface area contributed by atoms with Gasteiger partial charge in [0.05, 0.1) is 0 Å². The second-order valence-electron chi connectivity index (χ2n) is 8.45. The van der Waals surface area contributed by atoms with Gasteiger partial charge in [-0.05, 0) is 31.7 Å². The maximum absolute atomic E-state index is 10.9. The van der Waals surface area contributed by atoms with Crippen molar-refractivity contribution in [3.63, 3.8) is 0 Å². The summed E-state index contributed by atoms with van der Waals surface area (Å²) in [5.74, 6) is -0.0944. The lowest BCUT2D eigenvalue weighted by Crippen LogP contribution is -2.16. The van der Waals surface area contributed by atoms with Crippen LogP contribution in [0.5, 0.6) is 0 Å².